The largest absolute Gasteiger partial charge is 0.416 e. The van der Waals surface area contributed by atoms with Crippen molar-refractivity contribution in [2.45, 2.75) is 45.2 Å². The van der Waals surface area contributed by atoms with E-state index in [-0.39, 0.29) is 0 Å². The van der Waals surface area contributed by atoms with Gasteiger partial charge >= 0.3 is 6.18 Å². The van der Waals surface area contributed by atoms with Crippen LogP contribution in [0.25, 0.3) is 0 Å². The maximum Gasteiger partial charge on any atom is 0.416 e. The van der Waals surface area contributed by atoms with Crippen LogP contribution in [-0.2, 0) is 17.4 Å². The first-order valence-corrected chi connectivity index (χ1v) is 8.08. The lowest BCUT2D eigenvalue weighted by molar-refractivity contribution is -0.265. The molecule has 0 radical (unpaired) electrons. The fraction of sp³-hybridized carbons (Fsp3) is 0.647. The van der Waals surface area contributed by atoms with E-state index in [9.17, 15) is 13.2 Å². The lowest BCUT2D eigenvalue weighted by atomic mass is 10.0. The molecule has 1 rings (SSSR count). The van der Waals surface area contributed by atoms with Crippen LogP contribution in [0.5, 0.6) is 0 Å². The van der Waals surface area contributed by atoms with Crippen LogP contribution in [0, 0.1) is 0 Å². The molecule has 0 atom stereocenters. The Kier molecular flexibility index (Phi) is 8.58. The smallest absolute Gasteiger partial charge is 0.284 e. The molecule has 132 valence electrons. The Morgan fingerprint density at radius 2 is 1.74 bits per heavy atom. The summed E-state index contributed by atoms with van der Waals surface area (Å²) in [5.41, 5.74) is 0.192. The predicted molar refractivity (Wildman–Crippen MR) is 85.6 cm³/mol. The minimum atomic E-state index is -4.26. The monoisotopic (exact) mass is 332 g/mol. The highest BCUT2D eigenvalue weighted by molar-refractivity contribution is 5.25. The number of benzene rings is 1. The van der Waals surface area contributed by atoms with Gasteiger partial charge in [0.05, 0.1) is 12.2 Å². The minimum absolute atomic E-state index is 0.562. The second-order valence-corrected chi connectivity index (χ2v) is 5.70. The number of hydrazine groups is 1. The number of hydrogen-bond acceptors (Lipinski definition) is 3. The maximum absolute atomic E-state index is 12.6. The molecule has 3 nitrogen and oxygen atoms in total. The Morgan fingerprint density at radius 1 is 1.04 bits per heavy atom. The molecule has 0 unspecified atom stereocenters. The number of halogens is 3. The standard InChI is InChI=1S/C17H27F3N2O/c1-4-23-22(21(2)3)13-8-6-5-7-10-15-11-9-12-16(14-15)17(18,19)20/h9,11-12,14H,4-8,10,13H2,1-3H3. The number of aryl methyl sites for hydroxylation is 1. The van der Waals surface area contributed by atoms with E-state index in [2.05, 4.69) is 0 Å². The summed E-state index contributed by atoms with van der Waals surface area (Å²) in [4.78, 5) is 5.48. The van der Waals surface area contributed by atoms with Crippen molar-refractivity contribution in [1.82, 2.24) is 10.2 Å². The van der Waals surface area contributed by atoms with Crippen LogP contribution in [0.4, 0.5) is 13.2 Å². The Balaban J connectivity index is 2.25. The van der Waals surface area contributed by atoms with Gasteiger partial charge in [0.15, 0.2) is 0 Å². The highest BCUT2D eigenvalue weighted by Gasteiger charge is 2.30. The maximum atomic E-state index is 12.6. The summed E-state index contributed by atoms with van der Waals surface area (Å²) in [5.74, 6) is 0. The van der Waals surface area contributed by atoms with Crippen LogP contribution in [0.2, 0.25) is 0 Å². The summed E-state index contributed by atoms with van der Waals surface area (Å²) in [6, 6.07) is 5.61. The predicted octanol–water partition coefficient (Wildman–Crippen LogP) is 4.54. The quantitative estimate of drug-likeness (QED) is 0.462. The van der Waals surface area contributed by atoms with Gasteiger partial charge in [0, 0.05) is 20.6 Å². The molecule has 0 spiro atoms. The van der Waals surface area contributed by atoms with Gasteiger partial charge in [-0.3, -0.25) is 4.84 Å². The minimum Gasteiger partial charge on any atom is -0.284 e. The molecule has 0 heterocycles. The van der Waals surface area contributed by atoms with E-state index in [1.165, 1.54) is 12.1 Å². The van der Waals surface area contributed by atoms with E-state index in [1.807, 2.05) is 31.2 Å². The molecule has 0 aliphatic carbocycles. The second-order valence-electron chi connectivity index (χ2n) is 5.70. The van der Waals surface area contributed by atoms with Crippen LogP contribution >= 0.6 is 0 Å². The van der Waals surface area contributed by atoms with Crippen LogP contribution < -0.4 is 0 Å². The molecule has 0 saturated carbocycles. The normalized spacial score (nSPS) is 12.3. The fourth-order valence-electron chi connectivity index (χ4n) is 2.36. The van der Waals surface area contributed by atoms with E-state index in [4.69, 9.17) is 4.84 Å². The summed E-state index contributed by atoms with van der Waals surface area (Å²) in [6.45, 7) is 3.41. The number of hydrogen-bond donors (Lipinski definition) is 0. The summed E-state index contributed by atoms with van der Waals surface area (Å²) in [7, 11) is 3.87. The van der Waals surface area contributed by atoms with Gasteiger partial charge in [-0.05, 0) is 37.8 Å². The van der Waals surface area contributed by atoms with Gasteiger partial charge in [-0.1, -0.05) is 31.0 Å². The number of alkyl halides is 3. The molecule has 0 bridgehead atoms. The summed E-state index contributed by atoms with van der Waals surface area (Å²) < 4.78 is 37.9. The number of hydroxylamine groups is 1. The third kappa shape index (κ3) is 7.81. The zero-order chi connectivity index (χ0) is 17.3. The average Bonchev–Trinajstić information content (AvgIpc) is 2.48. The Hall–Kier alpha value is -1.11. The van der Waals surface area contributed by atoms with Gasteiger partial charge in [-0.15, -0.1) is 5.17 Å². The van der Waals surface area contributed by atoms with Crippen molar-refractivity contribution in [1.29, 1.82) is 0 Å². The molecule has 0 saturated heterocycles. The van der Waals surface area contributed by atoms with Crippen LogP contribution in [0.15, 0.2) is 24.3 Å². The fourth-order valence-corrected chi connectivity index (χ4v) is 2.36. The van der Waals surface area contributed by atoms with Gasteiger partial charge < -0.3 is 0 Å². The highest BCUT2D eigenvalue weighted by Crippen LogP contribution is 2.29. The molecule has 1 aromatic rings. The highest BCUT2D eigenvalue weighted by atomic mass is 19.4. The molecule has 0 N–H and O–H groups in total. The van der Waals surface area contributed by atoms with Gasteiger partial charge in [-0.25, -0.2) is 5.01 Å². The van der Waals surface area contributed by atoms with Crippen LogP contribution in [0.3, 0.4) is 0 Å². The van der Waals surface area contributed by atoms with Crippen molar-refractivity contribution in [3.8, 4) is 0 Å². The third-order valence-electron chi connectivity index (χ3n) is 3.54. The molecular weight excluding hydrogens is 305 g/mol. The number of nitrogens with zero attached hydrogens (tertiary/aromatic N) is 2. The summed E-state index contributed by atoms with van der Waals surface area (Å²) in [6.07, 6.45) is 0.371. The first-order valence-electron chi connectivity index (χ1n) is 8.08. The van der Waals surface area contributed by atoms with Crippen molar-refractivity contribution >= 4 is 0 Å². The van der Waals surface area contributed by atoms with Crippen molar-refractivity contribution in [3.63, 3.8) is 0 Å². The molecular formula is C17H27F3N2O. The van der Waals surface area contributed by atoms with E-state index in [1.54, 1.807) is 6.07 Å². The third-order valence-corrected chi connectivity index (χ3v) is 3.54. The lowest BCUT2D eigenvalue weighted by Gasteiger charge is -2.27. The average molecular weight is 332 g/mol. The molecule has 6 heteroatoms. The van der Waals surface area contributed by atoms with Crippen molar-refractivity contribution in [2.75, 3.05) is 27.2 Å². The molecule has 0 aliphatic heterocycles. The van der Waals surface area contributed by atoms with Crippen molar-refractivity contribution in [2.24, 2.45) is 0 Å². The van der Waals surface area contributed by atoms with Gasteiger partial charge in [0.25, 0.3) is 0 Å². The molecule has 0 aliphatic rings. The van der Waals surface area contributed by atoms with Crippen LogP contribution in [0.1, 0.15) is 43.7 Å². The van der Waals surface area contributed by atoms with E-state index >= 15 is 0 Å². The Bertz CT molecular complexity index is 450. The molecule has 1 aromatic carbocycles. The SMILES string of the molecule is CCON(CCCCCCc1cccc(C(F)(F)F)c1)N(C)C. The lowest BCUT2D eigenvalue weighted by Crippen LogP contribution is -2.37. The van der Waals surface area contributed by atoms with E-state index in [0.29, 0.717) is 13.0 Å². The van der Waals surface area contributed by atoms with Crippen LogP contribution in [-0.4, -0.2) is 37.4 Å². The zero-order valence-corrected chi connectivity index (χ0v) is 14.2. The molecule has 0 fully saturated rings. The Labute approximate surface area is 136 Å². The second kappa shape index (κ2) is 9.90. The zero-order valence-electron chi connectivity index (χ0n) is 14.2. The van der Waals surface area contributed by atoms with Crippen molar-refractivity contribution in [3.05, 3.63) is 35.4 Å². The number of rotatable bonds is 10. The molecule has 23 heavy (non-hydrogen) atoms. The topological polar surface area (TPSA) is 15.7 Å². The van der Waals surface area contributed by atoms with E-state index < -0.39 is 11.7 Å². The first kappa shape index (κ1) is 19.9. The Morgan fingerprint density at radius 3 is 2.35 bits per heavy atom. The van der Waals surface area contributed by atoms with Gasteiger partial charge in [0.1, 0.15) is 0 Å². The first-order chi connectivity index (χ1) is 10.8. The molecule has 0 amide bonds. The van der Waals surface area contributed by atoms with E-state index in [0.717, 1.165) is 43.9 Å². The van der Waals surface area contributed by atoms with Crippen molar-refractivity contribution < 1.29 is 18.0 Å². The molecule has 0 aromatic heterocycles. The van der Waals surface area contributed by atoms with Gasteiger partial charge in [-0.2, -0.15) is 13.2 Å². The summed E-state index contributed by atoms with van der Waals surface area (Å²) in [5, 5.41) is 3.74. The number of unbranched alkanes of at least 4 members (excludes halogenated alkanes) is 3. The summed E-state index contributed by atoms with van der Waals surface area (Å²) >= 11 is 0. The van der Waals surface area contributed by atoms with Gasteiger partial charge in [0.2, 0.25) is 0 Å².